The highest BCUT2D eigenvalue weighted by Gasteiger charge is 2.50. The van der Waals surface area contributed by atoms with E-state index in [2.05, 4.69) is 66.4 Å². The quantitative estimate of drug-likeness (QED) is 0.0254. The molecule has 0 unspecified atom stereocenters. The molecule has 2 aromatic heterocycles. The number of carbonyl (C=O) groups is 7. The maximum atomic E-state index is 15.1. The van der Waals surface area contributed by atoms with E-state index in [1.165, 1.54) is 0 Å². The zero-order valence-corrected chi connectivity index (χ0v) is 61.1. The molecule has 596 valence electrons. The van der Waals surface area contributed by atoms with Crippen molar-refractivity contribution in [2.45, 2.75) is 205 Å². The summed E-state index contributed by atoms with van der Waals surface area (Å²) in [5.74, 6) is -13.8. The smallest absolute Gasteiger partial charge is 0.480 e. The number of esters is 2. The van der Waals surface area contributed by atoms with Gasteiger partial charge in [0.25, 0.3) is 0 Å². The lowest BCUT2D eigenvalue weighted by molar-refractivity contribution is -0.275. The number of methoxy groups -OCH3 is 2. The van der Waals surface area contributed by atoms with Gasteiger partial charge in [0.1, 0.15) is 65.7 Å². The van der Waals surface area contributed by atoms with E-state index in [0.29, 0.717) is 19.4 Å². The minimum Gasteiger partial charge on any atom is -0.480 e. The number of carbonyl (C=O) groups excluding carboxylic acids is 6. The number of aliphatic carboxylic acids is 1. The molecule has 0 bridgehead atoms. The van der Waals surface area contributed by atoms with E-state index in [4.69, 9.17) is 42.6 Å². The van der Waals surface area contributed by atoms with E-state index < -0.39 is 160 Å². The molecule has 2 aromatic carbocycles. The highest BCUT2D eigenvalue weighted by Crippen LogP contribution is 2.41. The molecule has 3 N–H and O–H groups in total. The van der Waals surface area contributed by atoms with Crippen molar-refractivity contribution in [1.29, 1.82) is 0 Å². The summed E-state index contributed by atoms with van der Waals surface area (Å²) in [5.41, 5.74) is -5.32. The molecule has 4 heterocycles. The van der Waals surface area contributed by atoms with Crippen LogP contribution in [0.4, 0.5) is 58.3 Å². The van der Waals surface area contributed by atoms with E-state index in [1.54, 1.807) is 74.5 Å². The van der Waals surface area contributed by atoms with Gasteiger partial charge in [-0.25, -0.2) is 48.7 Å². The normalized spacial score (nSPS) is 20.9. The topological polar surface area (TPSA) is 323 Å². The Hall–Kier alpha value is -9.81. The number of nitrogens with one attached hydrogen (secondary N) is 2. The number of alkyl halides is 10. The summed E-state index contributed by atoms with van der Waals surface area (Å²) in [6.45, 7) is 28.7. The average molecular weight is 1550 g/mol. The zero-order valence-electron chi connectivity index (χ0n) is 61.1. The van der Waals surface area contributed by atoms with Crippen molar-refractivity contribution >= 4 is 64.2 Å². The molecule has 10 atom stereocenters. The molecule has 4 amide bonds. The van der Waals surface area contributed by atoms with Crippen molar-refractivity contribution in [2.24, 2.45) is 10.8 Å². The summed E-state index contributed by atoms with van der Waals surface area (Å²) >= 11 is 0. The Bertz CT molecular complexity index is 3900. The second-order valence-corrected chi connectivity index (χ2v) is 28.3. The third kappa shape index (κ3) is 24.4. The van der Waals surface area contributed by atoms with Crippen LogP contribution in [0.3, 0.4) is 0 Å². The second kappa shape index (κ2) is 35.9. The van der Waals surface area contributed by atoms with Gasteiger partial charge in [0.15, 0.2) is 11.4 Å². The first kappa shape index (κ1) is 87.1. The Morgan fingerprint density at radius 3 is 1.28 bits per heavy atom. The van der Waals surface area contributed by atoms with E-state index in [9.17, 15) is 73.8 Å². The van der Waals surface area contributed by atoms with Gasteiger partial charge in [-0.05, 0) is 107 Å². The van der Waals surface area contributed by atoms with Crippen LogP contribution >= 0.6 is 0 Å². The lowest BCUT2D eigenvalue weighted by Crippen LogP contribution is -2.57. The maximum absolute atomic E-state index is 15.1. The Labute approximate surface area is 614 Å². The molecule has 4 fully saturated rings. The van der Waals surface area contributed by atoms with Gasteiger partial charge in [0, 0.05) is 25.0 Å². The van der Waals surface area contributed by atoms with Crippen LogP contribution in [0.2, 0.25) is 0 Å². The molecule has 8 rings (SSSR count). The summed E-state index contributed by atoms with van der Waals surface area (Å²) in [7, 11) is 2.23. The number of hydrogen-bond donors (Lipinski definition) is 3. The minimum absolute atomic E-state index is 0.0698. The Morgan fingerprint density at radius 2 is 0.926 bits per heavy atom. The number of nitrogens with zero attached hydrogens (tertiary/aromatic N) is 6. The molecule has 37 heteroatoms. The number of amides is 4. The molecular formula is C71H88F10N8O19. The molecular weight excluding hydrogens is 1460 g/mol. The number of ether oxygens (including phenoxy) is 11. The number of halogens is 10. The van der Waals surface area contributed by atoms with Crippen molar-refractivity contribution in [3.8, 4) is 23.3 Å². The van der Waals surface area contributed by atoms with Crippen molar-refractivity contribution in [1.82, 2.24) is 40.4 Å². The number of fused-ring (bicyclic) bond motifs is 2. The molecule has 2 saturated carbocycles. The molecule has 108 heavy (non-hydrogen) atoms. The first-order valence-electron chi connectivity index (χ1n) is 33.7. The van der Waals surface area contributed by atoms with E-state index in [-0.39, 0.29) is 85.1 Å². The summed E-state index contributed by atoms with van der Waals surface area (Å²) in [4.78, 5) is 106. The summed E-state index contributed by atoms with van der Waals surface area (Å²) < 4.78 is 192. The van der Waals surface area contributed by atoms with Crippen LogP contribution in [-0.2, 0) is 64.2 Å². The van der Waals surface area contributed by atoms with Gasteiger partial charge < -0.3 is 72.7 Å². The number of likely N-dealkylation sites (tertiary alicyclic amines) is 2. The molecule has 0 radical (unpaired) electrons. The number of benzene rings is 2. The maximum Gasteiger partial charge on any atom is 0.573 e. The third-order valence-corrected chi connectivity index (χ3v) is 16.7. The molecule has 2 saturated heterocycles. The van der Waals surface area contributed by atoms with Crippen LogP contribution in [0.5, 0.6) is 23.3 Å². The lowest BCUT2D eigenvalue weighted by atomic mass is 9.85. The number of allylic oxidation sites excluding steroid dienone is 2. The summed E-state index contributed by atoms with van der Waals surface area (Å²) in [5, 5.41) is 14.2. The van der Waals surface area contributed by atoms with Gasteiger partial charge in [-0.1, -0.05) is 66.9 Å². The van der Waals surface area contributed by atoms with Crippen LogP contribution in [-0.4, -0.2) is 197 Å². The van der Waals surface area contributed by atoms with Gasteiger partial charge in [-0.2, -0.15) is 17.6 Å². The van der Waals surface area contributed by atoms with Gasteiger partial charge >= 0.3 is 60.8 Å². The number of carboxylic acid groups (broad SMARTS) is 1. The molecule has 2 aliphatic heterocycles. The summed E-state index contributed by atoms with van der Waals surface area (Å²) in [6.07, 6.45) is -8.07. The summed E-state index contributed by atoms with van der Waals surface area (Å²) in [6, 6.07) is 1.03. The fraction of sp³-hybridized carbons (Fsp3) is 0.563. The standard InChI is InChI=1S/C33H39F5N4O8.C23H24F5N3O6.C15H25NO5/c1-7-14-47-23-10-9-11-24(23)49-30(45)41-26(31(3,4)5)28(43)42-17-19(16-22(42)29(44)46-6)48-27-25(32(34,35)8-2)39-21-15-18(50-33(36,37)38)12-13-20(21)40-27;1-6-22(24,25)17-18(30-14-8-7-12(9-15(14)29-17)36-23(26,27)28)35-13-10-16(19(32)34-5)31(11-13)20(33)37-21(2,3)4;1-5-9-20-10-7-6-8-11(10)21-14(19)16-12(13(17)18)15(2,3)4/h7-8,12-13,15,19,22-24,26H,1-2,9-11,14,16-17H2,3-6H3,(H,41,45);6-9,13,16H,1,10-11H2,2-5H3;5,10-12H,1,6-9H2,2-4H3,(H,16,19)(H,17,18)/t19-,22+,23-,24-,26-;13-,16+;10-,11-,12-/m111/s1. The highest BCUT2D eigenvalue weighted by molar-refractivity contribution is 5.91. The molecule has 2 aliphatic carbocycles. The number of hydrogen-bond acceptors (Lipinski definition) is 22. The lowest BCUT2D eigenvalue weighted by Gasteiger charge is -2.35. The fourth-order valence-corrected chi connectivity index (χ4v) is 11.6. The second-order valence-electron chi connectivity index (χ2n) is 28.3. The van der Waals surface area contributed by atoms with Gasteiger partial charge in [-0.3, -0.25) is 9.69 Å². The third-order valence-electron chi connectivity index (χ3n) is 16.7. The first-order chi connectivity index (χ1) is 50.1. The largest absolute Gasteiger partial charge is 0.573 e. The average Bonchev–Trinajstić information content (AvgIpc) is 1.16. The van der Waals surface area contributed by atoms with Crippen LogP contribution < -0.4 is 29.6 Å². The van der Waals surface area contributed by atoms with Crippen LogP contribution in [0.25, 0.3) is 22.1 Å². The molecule has 0 spiro atoms. The Balaban J connectivity index is 0.000000275. The van der Waals surface area contributed by atoms with Crippen LogP contribution in [0.15, 0.2) is 87.0 Å². The minimum atomic E-state index is -5.04. The number of alkyl carbamates (subject to hydrolysis) is 2. The van der Waals surface area contributed by atoms with Gasteiger partial charge in [0.2, 0.25) is 17.7 Å². The van der Waals surface area contributed by atoms with Crippen molar-refractivity contribution in [3.63, 3.8) is 0 Å². The monoisotopic (exact) mass is 1550 g/mol. The molecule has 27 nitrogen and oxygen atoms in total. The number of rotatable bonds is 24. The van der Waals surface area contributed by atoms with Gasteiger partial charge in [0.05, 0.1) is 74.8 Å². The van der Waals surface area contributed by atoms with E-state index in [1.807, 2.05) is 0 Å². The number of carboxylic acids is 1. The van der Waals surface area contributed by atoms with E-state index in [0.717, 1.165) is 86.1 Å². The Kier molecular flexibility index (Phi) is 29.0. The van der Waals surface area contributed by atoms with E-state index >= 15 is 8.78 Å². The molecule has 4 aromatic rings. The zero-order chi connectivity index (χ0) is 80.8. The predicted octanol–water partition coefficient (Wildman–Crippen LogP) is 12.7. The fourth-order valence-electron chi connectivity index (χ4n) is 11.6. The predicted molar refractivity (Wildman–Crippen MR) is 363 cm³/mol. The molecule has 4 aliphatic rings. The Morgan fingerprint density at radius 1 is 0.546 bits per heavy atom. The first-order valence-corrected chi connectivity index (χ1v) is 33.7. The van der Waals surface area contributed by atoms with Gasteiger partial charge in [-0.15, -0.1) is 39.5 Å². The highest BCUT2D eigenvalue weighted by atomic mass is 19.4. The SMILES string of the molecule is C=CC(F)(F)c1nc2cc(OC(F)(F)F)ccc2nc1O[C@@H]1C[C@@H](C(=O)OC)N(C(=O)OC(C)(C)C)C1.C=CCO[C@@H]1CCC[C@H]1OC(=O)N[C@H](C(=O)N1C[C@H](Oc2nc3ccc(OC(F)(F)F)cc3nc2C(F)(F)C=C)C[C@H]1C(=O)OC)C(C)(C)C.C=CCO[C@@H]1CCC[C@H]1OC(=O)N[C@H](C(=O)O)C(C)(C)C. The van der Waals surface area contributed by atoms with Crippen molar-refractivity contribution in [2.75, 3.05) is 40.5 Å². The van der Waals surface area contributed by atoms with Crippen LogP contribution in [0.1, 0.15) is 125 Å². The van der Waals surface area contributed by atoms with Crippen molar-refractivity contribution < 1.29 is 135 Å². The van der Waals surface area contributed by atoms with Crippen LogP contribution in [0, 0.1) is 10.8 Å². The number of aromatic nitrogens is 4. The van der Waals surface area contributed by atoms with Crippen molar-refractivity contribution in [3.05, 3.63) is 98.4 Å².